The van der Waals surface area contributed by atoms with Crippen molar-refractivity contribution in [3.8, 4) is 23.3 Å². The largest absolute Gasteiger partial charge is 0.465 e. The van der Waals surface area contributed by atoms with Crippen molar-refractivity contribution < 1.29 is 18.7 Å². The number of esters is 1. The van der Waals surface area contributed by atoms with Crippen molar-refractivity contribution in [2.75, 3.05) is 12.8 Å². The Bertz CT molecular complexity index is 1090. The second kappa shape index (κ2) is 6.16. The van der Waals surface area contributed by atoms with E-state index in [4.69, 9.17) is 14.9 Å². The molecule has 2 N–H and O–H groups in total. The van der Waals surface area contributed by atoms with Crippen LogP contribution < -0.4 is 10.5 Å². The van der Waals surface area contributed by atoms with Gasteiger partial charge in [0, 0.05) is 0 Å². The van der Waals surface area contributed by atoms with Gasteiger partial charge in [-0.15, -0.1) is 5.10 Å². The first-order chi connectivity index (χ1) is 12.6. The van der Waals surface area contributed by atoms with E-state index >= 15 is 0 Å². The smallest absolute Gasteiger partial charge is 0.337 e. The summed E-state index contributed by atoms with van der Waals surface area (Å²) in [6.45, 7) is 0. The number of benzene rings is 1. The third-order valence-electron chi connectivity index (χ3n) is 3.42. The van der Waals surface area contributed by atoms with E-state index in [1.165, 1.54) is 24.0 Å². The fraction of sp³-hybridized carbons (Fsp3) is 0.0625. The molecule has 3 heterocycles. The van der Waals surface area contributed by atoms with Gasteiger partial charge in [-0.2, -0.15) is 19.5 Å². The van der Waals surface area contributed by atoms with Crippen LogP contribution >= 0.6 is 0 Å². The number of nitrogens with two attached hydrogens (primary N) is 1. The van der Waals surface area contributed by atoms with Gasteiger partial charge in [0.25, 0.3) is 5.78 Å². The molecule has 1 aromatic carbocycles. The van der Waals surface area contributed by atoms with Crippen molar-refractivity contribution in [3.05, 3.63) is 48.2 Å². The Labute approximate surface area is 146 Å². The first kappa shape index (κ1) is 15.6. The Morgan fingerprint density at radius 1 is 1.19 bits per heavy atom. The number of nitrogen functional groups attached to an aromatic ring is 1. The van der Waals surface area contributed by atoms with Crippen molar-refractivity contribution in [2.24, 2.45) is 0 Å². The molecule has 0 aliphatic carbocycles. The predicted octanol–water partition coefficient (Wildman–Crippen LogP) is 1.94. The van der Waals surface area contributed by atoms with Crippen LogP contribution in [0.4, 0.5) is 5.95 Å². The zero-order chi connectivity index (χ0) is 18.1. The molecule has 0 saturated carbocycles. The summed E-state index contributed by atoms with van der Waals surface area (Å²) in [5.41, 5.74) is 6.24. The van der Waals surface area contributed by atoms with Gasteiger partial charge in [-0.1, -0.05) is 6.07 Å². The molecule has 10 heteroatoms. The molecule has 0 radical (unpaired) electrons. The molecular formula is C16H12N6O4. The zero-order valence-corrected chi connectivity index (χ0v) is 13.5. The molecule has 3 aromatic heterocycles. The Morgan fingerprint density at radius 3 is 2.85 bits per heavy atom. The Hall–Kier alpha value is -3.95. The van der Waals surface area contributed by atoms with Gasteiger partial charge < -0.3 is 19.6 Å². The summed E-state index contributed by atoms with van der Waals surface area (Å²) in [7, 11) is 1.30. The summed E-state index contributed by atoms with van der Waals surface area (Å²) >= 11 is 0. The van der Waals surface area contributed by atoms with Gasteiger partial charge in [0.2, 0.25) is 11.8 Å². The molecule has 0 saturated heterocycles. The lowest BCUT2D eigenvalue weighted by atomic mass is 10.2. The fourth-order valence-electron chi connectivity index (χ4n) is 2.25. The first-order valence-electron chi connectivity index (χ1n) is 7.44. The van der Waals surface area contributed by atoms with Crippen LogP contribution in [0.5, 0.6) is 11.8 Å². The minimum atomic E-state index is -0.480. The molecule has 0 aliphatic heterocycles. The molecule has 4 rings (SSSR count). The number of fused-ring (bicyclic) bond motifs is 1. The van der Waals surface area contributed by atoms with E-state index in [-0.39, 0.29) is 17.7 Å². The number of rotatable bonds is 4. The summed E-state index contributed by atoms with van der Waals surface area (Å²) < 4.78 is 16.8. The molecule has 0 atom stereocenters. The van der Waals surface area contributed by atoms with Crippen LogP contribution in [-0.4, -0.2) is 37.6 Å². The lowest BCUT2D eigenvalue weighted by Crippen LogP contribution is -2.06. The predicted molar refractivity (Wildman–Crippen MR) is 88.5 cm³/mol. The highest BCUT2D eigenvalue weighted by Crippen LogP contribution is 2.22. The van der Waals surface area contributed by atoms with E-state index in [0.717, 1.165) is 0 Å². The number of aromatic nitrogens is 5. The minimum absolute atomic E-state index is 0.0320. The van der Waals surface area contributed by atoms with Gasteiger partial charge in [0.1, 0.15) is 5.75 Å². The summed E-state index contributed by atoms with van der Waals surface area (Å²) in [5, 5.41) is 4.20. The lowest BCUT2D eigenvalue weighted by molar-refractivity contribution is 0.0600. The number of anilines is 1. The maximum absolute atomic E-state index is 11.6. The Morgan fingerprint density at radius 2 is 2.08 bits per heavy atom. The number of methoxy groups -OCH3 is 1. The third kappa shape index (κ3) is 2.79. The first-order valence-corrected chi connectivity index (χ1v) is 7.44. The second-order valence-corrected chi connectivity index (χ2v) is 5.11. The van der Waals surface area contributed by atoms with Crippen LogP contribution in [0.2, 0.25) is 0 Å². The number of hydrogen-bond acceptors (Lipinski definition) is 9. The minimum Gasteiger partial charge on any atom is -0.465 e. The molecule has 0 spiro atoms. The van der Waals surface area contributed by atoms with Crippen molar-refractivity contribution in [1.82, 2.24) is 24.6 Å². The third-order valence-corrected chi connectivity index (χ3v) is 3.42. The quantitative estimate of drug-likeness (QED) is 0.547. The van der Waals surface area contributed by atoms with Crippen LogP contribution in [0, 0.1) is 0 Å². The van der Waals surface area contributed by atoms with Gasteiger partial charge in [0.15, 0.2) is 5.76 Å². The summed E-state index contributed by atoms with van der Waals surface area (Å²) in [4.78, 5) is 24.1. The molecule has 10 nitrogen and oxygen atoms in total. The maximum Gasteiger partial charge on any atom is 0.337 e. The van der Waals surface area contributed by atoms with E-state index < -0.39 is 5.97 Å². The van der Waals surface area contributed by atoms with Gasteiger partial charge in [-0.3, -0.25) is 0 Å². The molecular weight excluding hydrogens is 340 g/mol. The van der Waals surface area contributed by atoms with Crippen LogP contribution in [-0.2, 0) is 4.74 Å². The highest BCUT2D eigenvalue weighted by Gasteiger charge is 2.15. The topological polar surface area (TPSA) is 131 Å². The zero-order valence-electron chi connectivity index (χ0n) is 13.5. The van der Waals surface area contributed by atoms with E-state index in [1.807, 2.05) is 0 Å². The van der Waals surface area contributed by atoms with Gasteiger partial charge in [-0.05, 0) is 30.3 Å². The van der Waals surface area contributed by atoms with E-state index in [9.17, 15) is 4.79 Å². The summed E-state index contributed by atoms with van der Waals surface area (Å²) in [5.74, 6) is 0.903. The Kier molecular flexibility index (Phi) is 3.69. The standard InChI is InChI=1S/C16H12N6O4/c1-24-13(23)9-4-2-5-10(8-9)26-16-19-14(17)22-15(20-16)18-12(21-22)11-6-3-7-25-11/h2-8H,1H3,(H2,17,18,19,20,21). The van der Waals surface area contributed by atoms with Crippen molar-refractivity contribution >= 4 is 17.7 Å². The van der Waals surface area contributed by atoms with Crippen LogP contribution in [0.1, 0.15) is 10.4 Å². The number of hydrogen-bond donors (Lipinski definition) is 1. The average Bonchev–Trinajstić information content (AvgIpc) is 3.30. The van der Waals surface area contributed by atoms with Crippen molar-refractivity contribution in [3.63, 3.8) is 0 Å². The van der Waals surface area contributed by atoms with Gasteiger partial charge in [0.05, 0.1) is 18.9 Å². The van der Waals surface area contributed by atoms with Crippen LogP contribution in [0.25, 0.3) is 17.4 Å². The average molecular weight is 352 g/mol. The summed E-state index contributed by atoms with van der Waals surface area (Å²) in [6, 6.07) is 9.81. The molecule has 4 aromatic rings. The number of ether oxygens (including phenoxy) is 2. The second-order valence-electron chi connectivity index (χ2n) is 5.11. The monoisotopic (exact) mass is 352 g/mol. The molecule has 26 heavy (non-hydrogen) atoms. The highest BCUT2D eigenvalue weighted by molar-refractivity contribution is 5.89. The molecule has 130 valence electrons. The molecule has 0 bridgehead atoms. The van der Waals surface area contributed by atoms with Crippen molar-refractivity contribution in [2.45, 2.75) is 0 Å². The highest BCUT2D eigenvalue weighted by atomic mass is 16.5. The van der Waals surface area contributed by atoms with Crippen LogP contribution in [0.3, 0.4) is 0 Å². The number of furan rings is 1. The van der Waals surface area contributed by atoms with Crippen LogP contribution in [0.15, 0.2) is 47.1 Å². The summed E-state index contributed by atoms with van der Waals surface area (Å²) in [6.07, 6.45) is 1.51. The lowest BCUT2D eigenvalue weighted by Gasteiger charge is -2.06. The molecule has 0 amide bonds. The van der Waals surface area contributed by atoms with E-state index in [0.29, 0.717) is 22.9 Å². The SMILES string of the molecule is COC(=O)c1cccc(Oc2nc(N)n3nc(-c4ccco4)nc3n2)c1. The molecule has 0 fully saturated rings. The van der Waals surface area contributed by atoms with Gasteiger partial charge >= 0.3 is 12.0 Å². The normalized spacial score (nSPS) is 10.8. The molecule has 0 aliphatic rings. The Balaban J connectivity index is 1.68. The fourth-order valence-corrected chi connectivity index (χ4v) is 2.25. The maximum atomic E-state index is 11.6. The number of carbonyl (C=O) groups excluding carboxylic acids is 1. The van der Waals surface area contributed by atoms with Gasteiger partial charge in [-0.25, -0.2) is 4.79 Å². The number of carbonyl (C=O) groups is 1. The number of nitrogens with zero attached hydrogens (tertiary/aromatic N) is 5. The van der Waals surface area contributed by atoms with Crippen molar-refractivity contribution in [1.29, 1.82) is 0 Å². The van der Waals surface area contributed by atoms with E-state index in [2.05, 4.69) is 24.8 Å². The molecule has 0 unspecified atom stereocenters. The van der Waals surface area contributed by atoms with E-state index in [1.54, 1.807) is 30.3 Å².